The molecule has 0 saturated carbocycles. The van der Waals surface area contributed by atoms with E-state index in [9.17, 15) is 9.59 Å². The van der Waals surface area contributed by atoms with Crippen molar-refractivity contribution in [1.82, 2.24) is 0 Å². The first-order valence-electron chi connectivity index (χ1n) is 7.93. The highest BCUT2D eigenvalue weighted by atomic mass is 35.5. The van der Waals surface area contributed by atoms with Gasteiger partial charge in [0.1, 0.15) is 11.1 Å². The van der Waals surface area contributed by atoms with Crippen LogP contribution in [-0.4, -0.2) is 46.4 Å². The predicted octanol–water partition coefficient (Wildman–Crippen LogP) is 2.08. The second-order valence-corrected chi connectivity index (χ2v) is 6.32. The topological polar surface area (TPSA) is 136 Å². The van der Waals surface area contributed by atoms with Crippen molar-refractivity contribution in [3.05, 3.63) is 0 Å². The fourth-order valence-corrected chi connectivity index (χ4v) is 0.653. The molecule has 0 aromatic rings. The first-order chi connectivity index (χ1) is 10.3. The van der Waals surface area contributed by atoms with E-state index in [1.165, 1.54) is 13.8 Å². The zero-order valence-electron chi connectivity index (χ0n) is 15.9. The van der Waals surface area contributed by atoms with Crippen LogP contribution in [0.2, 0.25) is 0 Å². The lowest BCUT2D eigenvalue weighted by atomic mass is 10.1. The van der Waals surface area contributed by atoms with E-state index in [-0.39, 0.29) is 18.4 Å². The molecule has 0 amide bonds. The summed E-state index contributed by atoms with van der Waals surface area (Å²) >= 11 is 0. The van der Waals surface area contributed by atoms with Crippen molar-refractivity contribution in [3.8, 4) is 0 Å². The van der Waals surface area contributed by atoms with Gasteiger partial charge in [0.15, 0.2) is 0 Å². The Bertz CT molecular complexity index is 311. The van der Waals surface area contributed by atoms with Crippen LogP contribution in [0, 0.1) is 0 Å². The van der Waals surface area contributed by atoms with Gasteiger partial charge in [0.05, 0.1) is 6.61 Å². The maximum Gasteiger partial charge on any atom is 0.325 e. The van der Waals surface area contributed by atoms with Crippen LogP contribution in [0.3, 0.4) is 0 Å². The second-order valence-electron chi connectivity index (χ2n) is 6.32. The second kappa shape index (κ2) is 17.0. The zero-order valence-corrected chi connectivity index (χ0v) is 16.7. The highest BCUT2D eigenvalue weighted by Crippen LogP contribution is 2.00. The van der Waals surface area contributed by atoms with E-state index in [1.54, 1.807) is 13.8 Å². The number of hydrogen-bond acceptors (Lipinski definition) is 6. The molecule has 0 aliphatic rings. The van der Waals surface area contributed by atoms with E-state index in [2.05, 4.69) is 6.92 Å². The summed E-state index contributed by atoms with van der Waals surface area (Å²) in [5, 5.41) is 16.2. The van der Waals surface area contributed by atoms with Crippen LogP contribution in [0.1, 0.15) is 67.2 Å². The van der Waals surface area contributed by atoms with Gasteiger partial charge in [0, 0.05) is 6.61 Å². The molecule has 8 heteroatoms. The van der Waals surface area contributed by atoms with Gasteiger partial charge in [-0.15, -0.1) is 12.4 Å². The molecular formula is C16H37ClN2O5. The molecule has 6 N–H and O–H groups in total. The first kappa shape index (κ1) is 30.9. The van der Waals surface area contributed by atoms with Crippen LogP contribution in [-0.2, 0) is 14.3 Å². The minimum absolute atomic E-state index is 0. The third-order valence-corrected chi connectivity index (χ3v) is 2.32. The van der Waals surface area contributed by atoms with Crippen LogP contribution in [0.25, 0.3) is 0 Å². The Morgan fingerprint density at radius 2 is 1.33 bits per heavy atom. The summed E-state index contributed by atoms with van der Waals surface area (Å²) in [6, 6.07) is 0. The third-order valence-electron chi connectivity index (χ3n) is 2.32. The molecule has 0 aromatic carbocycles. The molecule has 0 rings (SSSR count). The Labute approximate surface area is 152 Å². The Kier molecular flexibility index (Phi) is 21.8. The number of carboxylic acids is 1. The summed E-state index contributed by atoms with van der Waals surface area (Å²) in [5.41, 5.74) is 8.63. The van der Waals surface area contributed by atoms with Gasteiger partial charge in [-0.25, -0.2) is 0 Å². The lowest BCUT2D eigenvalue weighted by molar-refractivity contribution is -0.149. The van der Waals surface area contributed by atoms with E-state index in [0.29, 0.717) is 13.2 Å². The summed E-state index contributed by atoms with van der Waals surface area (Å²) in [7, 11) is 0. The number of aliphatic hydroxyl groups excluding tert-OH is 1. The van der Waals surface area contributed by atoms with Crippen molar-refractivity contribution in [2.45, 2.75) is 78.3 Å². The fraction of sp³-hybridized carbons (Fsp3) is 0.875. The van der Waals surface area contributed by atoms with Crippen molar-refractivity contribution < 1.29 is 24.5 Å². The first-order valence-corrected chi connectivity index (χ1v) is 7.93. The molecule has 24 heavy (non-hydrogen) atoms. The molecule has 148 valence electrons. The molecule has 0 heterocycles. The number of nitrogens with two attached hydrogens (primary N) is 2. The van der Waals surface area contributed by atoms with Gasteiger partial charge < -0.3 is 26.4 Å². The number of aliphatic hydroxyl groups is 1. The highest BCUT2D eigenvalue weighted by molar-refractivity contribution is 5.85. The summed E-state index contributed by atoms with van der Waals surface area (Å²) in [6.45, 7) is 11.1. The van der Waals surface area contributed by atoms with Crippen LogP contribution in [0.15, 0.2) is 0 Å². The lowest BCUT2D eigenvalue weighted by Crippen LogP contribution is -2.42. The molecule has 0 atom stereocenters. The molecule has 0 radical (unpaired) electrons. The fourth-order valence-electron chi connectivity index (χ4n) is 0.653. The van der Waals surface area contributed by atoms with Crippen LogP contribution < -0.4 is 11.5 Å². The average molecular weight is 373 g/mol. The summed E-state index contributed by atoms with van der Waals surface area (Å²) in [4.78, 5) is 20.9. The minimum Gasteiger partial charge on any atom is -0.480 e. The van der Waals surface area contributed by atoms with Gasteiger partial charge in [-0.1, -0.05) is 26.7 Å². The maximum atomic E-state index is 11.0. The monoisotopic (exact) mass is 372 g/mol. The van der Waals surface area contributed by atoms with Crippen molar-refractivity contribution in [2.24, 2.45) is 11.5 Å². The standard InChI is InChI=1S/C8H17NO2.C4H9NO2.C4H10O.ClH/c1-4-5-6-11-7(10)8(2,3)9;1-4(2,5)3(6)7;1-2-3-4-5;/h4-6,9H2,1-3H3;5H2,1-2H3,(H,6,7);5H,2-4H2,1H3;1H. The Morgan fingerprint density at radius 1 is 0.958 bits per heavy atom. The maximum absolute atomic E-state index is 11.0. The van der Waals surface area contributed by atoms with E-state index in [4.69, 9.17) is 26.4 Å². The average Bonchev–Trinajstić information content (AvgIpc) is 2.39. The number of aliphatic carboxylic acids is 1. The molecule has 0 saturated heterocycles. The van der Waals surface area contributed by atoms with E-state index >= 15 is 0 Å². The van der Waals surface area contributed by atoms with Gasteiger partial charge >= 0.3 is 11.9 Å². The van der Waals surface area contributed by atoms with Gasteiger partial charge in [0.2, 0.25) is 0 Å². The van der Waals surface area contributed by atoms with E-state index in [1.807, 2.05) is 6.92 Å². The predicted molar refractivity (Wildman–Crippen MR) is 99.3 cm³/mol. The number of unbranched alkanes of at least 4 members (excludes halogenated alkanes) is 2. The molecule has 0 unspecified atom stereocenters. The van der Waals surface area contributed by atoms with Crippen LogP contribution in [0.5, 0.6) is 0 Å². The van der Waals surface area contributed by atoms with Gasteiger partial charge in [-0.2, -0.15) is 0 Å². The summed E-state index contributed by atoms with van der Waals surface area (Å²) in [6.07, 6.45) is 3.97. The summed E-state index contributed by atoms with van der Waals surface area (Å²) < 4.78 is 4.88. The SMILES string of the molecule is CC(C)(N)C(=O)O.CCCCO.CCCCOC(=O)C(C)(C)N.Cl. The number of hydrogen-bond donors (Lipinski definition) is 4. The number of carbonyl (C=O) groups excluding carboxylic acids is 1. The Morgan fingerprint density at radius 3 is 1.50 bits per heavy atom. The molecule has 0 spiro atoms. The summed E-state index contributed by atoms with van der Waals surface area (Å²) in [5.74, 6) is -1.31. The van der Waals surface area contributed by atoms with E-state index < -0.39 is 17.0 Å². The number of carbonyl (C=O) groups is 2. The molecule has 0 fully saturated rings. The highest BCUT2D eigenvalue weighted by Gasteiger charge is 2.23. The van der Waals surface area contributed by atoms with E-state index in [0.717, 1.165) is 25.7 Å². The molecule has 0 aliphatic carbocycles. The van der Waals surface area contributed by atoms with Crippen molar-refractivity contribution in [3.63, 3.8) is 0 Å². The number of halogens is 1. The smallest absolute Gasteiger partial charge is 0.325 e. The Balaban J connectivity index is -0.000000133. The minimum atomic E-state index is -1.08. The molecule has 7 nitrogen and oxygen atoms in total. The number of carboxylic acid groups (broad SMARTS) is 1. The van der Waals surface area contributed by atoms with Gasteiger partial charge in [-0.05, 0) is 40.5 Å². The van der Waals surface area contributed by atoms with Crippen LogP contribution >= 0.6 is 12.4 Å². The lowest BCUT2D eigenvalue weighted by Gasteiger charge is -2.16. The largest absolute Gasteiger partial charge is 0.480 e. The molecule has 0 aliphatic heterocycles. The zero-order chi connectivity index (χ0) is 19.1. The third kappa shape index (κ3) is 26.0. The van der Waals surface area contributed by atoms with Crippen molar-refractivity contribution in [1.29, 1.82) is 0 Å². The van der Waals surface area contributed by atoms with Gasteiger partial charge in [0.25, 0.3) is 0 Å². The molecule has 0 bridgehead atoms. The number of rotatable bonds is 7. The number of ether oxygens (including phenoxy) is 1. The molecular weight excluding hydrogens is 336 g/mol. The Hall–Kier alpha value is -0.890. The number of esters is 1. The van der Waals surface area contributed by atoms with Gasteiger partial charge in [-0.3, -0.25) is 9.59 Å². The van der Waals surface area contributed by atoms with Crippen molar-refractivity contribution in [2.75, 3.05) is 13.2 Å². The van der Waals surface area contributed by atoms with Crippen molar-refractivity contribution >= 4 is 24.3 Å². The molecule has 0 aromatic heterocycles. The quantitative estimate of drug-likeness (QED) is 0.396. The normalized spacial score (nSPS) is 10.2. The van der Waals surface area contributed by atoms with Crippen LogP contribution in [0.4, 0.5) is 0 Å².